The minimum absolute atomic E-state index is 0.137. The number of halogens is 2. The zero-order valence-electron chi connectivity index (χ0n) is 13.6. The largest absolute Gasteiger partial charge is 0.369 e. The average Bonchev–Trinajstić information content (AvgIpc) is 2.54. The molecule has 2 N–H and O–H groups in total. The Hall–Kier alpha value is -2.23. The topological polar surface area (TPSA) is 101 Å². The van der Waals surface area contributed by atoms with E-state index in [-0.39, 0.29) is 24.7 Å². The van der Waals surface area contributed by atoms with E-state index in [2.05, 4.69) is 0 Å². The summed E-state index contributed by atoms with van der Waals surface area (Å²) in [6.45, 7) is 0.0226. The van der Waals surface area contributed by atoms with Crippen LogP contribution >= 0.6 is 0 Å². The number of anilines is 1. The molecule has 25 heavy (non-hydrogen) atoms. The van der Waals surface area contributed by atoms with Crippen molar-refractivity contribution in [3.05, 3.63) is 29.8 Å². The number of amides is 2. The molecule has 1 aliphatic heterocycles. The predicted molar refractivity (Wildman–Crippen MR) is 87.0 cm³/mol. The van der Waals surface area contributed by atoms with Gasteiger partial charge in [0.15, 0.2) is 11.6 Å². The summed E-state index contributed by atoms with van der Waals surface area (Å²) in [6, 6.07) is 2.61. The summed E-state index contributed by atoms with van der Waals surface area (Å²) in [5.74, 6) is -3.54. The summed E-state index contributed by atoms with van der Waals surface area (Å²) in [5.41, 5.74) is 5.10. The normalized spacial score (nSPS) is 15.9. The highest BCUT2D eigenvalue weighted by atomic mass is 32.2. The van der Waals surface area contributed by atoms with Crippen LogP contribution in [0.2, 0.25) is 0 Å². The molecule has 138 valence electrons. The molecule has 0 spiro atoms. The third-order valence-corrected chi connectivity index (χ3v) is 5.26. The van der Waals surface area contributed by atoms with Crippen LogP contribution in [0.5, 0.6) is 0 Å². The second kappa shape index (κ2) is 7.34. The van der Waals surface area contributed by atoms with Crippen LogP contribution in [0.3, 0.4) is 0 Å². The zero-order valence-corrected chi connectivity index (χ0v) is 14.4. The molecule has 2 rings (SSSR count). The molecule has 1 saturated heterocycles. The van der Waals surface area contributed by atoms with Crippen LogP contribution in [0.4, 0.5) is 14.5 Å². The molecule has 7 nitrogen and oxygen atoms in total. The van der Waals surface area contributed by atoms with Gasteiger partial charge in [0.05, 0.1) is 11.9 Å². The van der Waals surface area contributed by atoms with E-state index in [1.54, 1.807) is 0 Å². The molecule has 10 heteroatoms. The Kier molecular flexibility index (Phi) is 5.61. The number of nitrogens with two attached hydrogens (primary N) is 1. The van der Waals surface area contributed by atoms with Crippen molar-refractivity contribution in [3.8, 4) is 0 Å². The molecule has 0 aromatic heterocycles. The van der Waals surface area contributed by atoms with Gasteiger partial charge in [0.2, 0.25) is 21.8 Å². The standard InChI is InChI=1S/C15H19F2N3O4S/c1-25(23,24)20(11-2-3-12(16)13(17)8-11)9-14(21)19-6-4-10(5-7-19)15(18)22/h2-3,8,10H,4-7,9H2,1H3,(H2,18,22). The highest BCUT2D eigenvalue weighted by Gasteiger charge is 2.29. The van der Waals surface area contributed by atoms with E-state index in [1.807, 2.05) is 0 Å². The third kappa shape index (κ3) is 4.65. The van der Waals surface area contributed by atoms with Gasteiger partial charge < -0.3 is 10.6 Å². The molecule has 1 heterocycles. The number of likely N-dealkylation sites (tertiary alicyclic amines) is 1. The molecular formula is C15H19F2N3O4S. The van der Waals surface area contributed by atoms with Crippen molar-refractivity contribution >= 4 is 27.5 Å². The van der Waals surface area contributed by atoms with E-state index >= 15 is 0 Å². The van der Waals surface area contributed by atoms with Gasteiger partial charge in [-0.3, -0.25) is 13.9 Å². The fraction of sp³-hybridized carbons (Fsp3) is 0.467. The number of piperidine rings is 1. The van der Waals surface area contributed by atoms with Crippen molar-refractivity contribution in [2.24, 2.45) is 11.7 Å². The summed E-state index contributed by atoms with van der Waals surface area (Å²) in [7, 11) is -3.88. The molecule has 0 aliphatic carbocycles. The fourth-order valence-electron chi connectivity index (χ4n) is 2.68. The summed E-state index contributed by atoms with van der Waals surface area (Å²) in [4.78, 5) is 25.0. The Labute approximate surface area is 144 Å². The summed E-state index contributed by atoms with van der Waals surface area (Å²) >= 11 is 0. The molecule has 0 saturated carbocycles. The molecule has 0 radical (unpaired) electrons. The number of rotatable bonds is 5. The first kappa shape index (κ1) is 19.1. The van der Waals surface area contributed by atoms with E-state index in [0.29, 0.717) is 12.8 Å². The first-order valence-electron chi connectivity index (χ1n) is 7.59. The summed E-state index contributed by atoms with van der Waals surface area (Å²) in [6.07, 6.45) is 1.69. The van der Waals surface area contributed by atoms with Crippen molar-refractivity contribution in [2.75, 3.05) is 30.2 Å². The molecular weight excluding hydrogens is 356 g/mol. The molecule has 1 aromatic carbocycles. The minimum atomic E-state index is -3.88. The number of benzene rings is 1. The minimum Gasteiger partial charge on any atom is -0.369 e. The molecule has 1 aliphatic rings. The van der Waals surface area contributed by atoms with Crippen molar-refractivity contribution < 1.29 is 26.8 Å². The number of primary amides is 1. The van der Waals surface area contributed by atoms with Gasteiger partial charge in [-0.25, -0.2) is 17.2 Å². The Morgan fingerprint density at radius 1 is 1.24 bits per heavy atom. The van der Waals surface area contributed by atoms with Crippen LogP contribution in [0.15, 0.2) is 18.2 Å². The molecule has 1 aromatic rings. The van der Waals surface area contributed by atoms with E-state index in [9.17, 15) is 26.8 Å². The maximum absolute atomic E-state index is 13.4. The third-order valence-electron chi connectivity index (χ3n) is 4.12. The Morgan fingerprint density at radius 2 is 1.84 bits per heavy atom. The number of hydrogen-bond donors (Lipinski definition) is 1. The fourth-order valence-corrected chi connectivity index (χ4v) is 3.52. The van der Waals surface area contributed by atoms with E-state index < -0.39 is 40.0 Å². The van der Waals surface area contributed by atoms with Crippen molar-refractivity contribution in [1.82, 2.24) is 4.90 Å². The first-order chi connectivity index (χ1) is 11.6. The number of carbonyl (C=O) groups excluding carboxylic acids is 2. The second-order valence-corrected chi connectivity index (χ2v) is 7.83. The lowest BCUT2D eigenvalue weighted by molar-refractivity contribution is -0.133. The van der Waals surface area contributed by atoms with E-state index in [1.165, 1.54) is 4.90 Å². The second-order valence-electron chi connectivity index (χ2n) is 5.93. The van der Waals surface area contributed by atoms with E-state index in [0.717, 1.165) is 28.8 Å². The maximum Gasteiger partial charge on any atom is 0.243 e. The van der Waals surface area contributed by atoms with Crippen LogP contribution in [-0.2, 0) is 19.6 Å². The van der Waals surface area contributed by atoms with Crippen LogP contribution in [-0.4, -0.2) is 51.0 Å². The molecule has 0 unspecified atom stereocenters. The molecule has 2 amide bonds. The highest BCUT2D eigenvalue weighted by Crippen LogP contribution is 2.22. The smallest absolute Gasteiger partial charge is 0.243 e. The number of carbonyl (C=O) groups is 2. The summed E-state index contributed by atoms with van der Waals surface area (Å²) in [5, 5.41) is 0. The molecule has 0 bridgehead atoms. The number of sulfonamides is 1. The maximum atomic E-state index is 13.4. The predicted octanol–water partition coefficient (Wildman–Crippen LogP) is 0.455. The number of nitrogens with zero attached hydrogens (tertiary/aromatic N) is 2. The lowest BCUT2D eigenvalue weighted by Gasteiger charge is -2.32. The van der Waals surface area contributed by atoms with Crippen molar-refractivity contribution in [2.45, 2.75) is 12.8 Å². The zero-order chi connectivity index (χ0) is 18.8. The van der Waals surface area contributed by atoms with Crippen molar-refractivity contribution in [3.63, 3.8) is 0 Å². The Morgan fingerprint density at radius 3 is 2.32 bits per heavy atom. The van der Waals surface area contributed by atoms with Crippen LogP contribution < -0.4 is 10.0 Å². The summed E-state index contributed by atoms with van der Waals surface area (Å²) < 4.78 is 51.1. The lowest BCUT2D eigenvalue weighted by Crippen LogP contribution is -2.47. The molecule has 0 atom stereocenters. The van der Waals surface area contributed by atoms with Crippen LogP contribution in [0.25, 0.3) is 0 Å². The molecule has 1 fully saturated rings. The number of hydrogen-bond acceptors (Lipinski definition) is 4. The Bertz CT molecular complexity index is 777. The van der Waals surface area contributed by atoms with Gasteiger partial charge in [-0.05, 0) is 25.0 Å². The van der Waals surface area contributed by atoms with E-state index in [4.69, 9.17) is 5.73 Å². The quantitative estimate of drug-likeness (QED) is 0.808. The monoisotopic (exact) mass is 375 g/mol. The van der Waals surface area contributed by atoms with Gasteiger partial charge in [0, 0.05) is 25.1 Å². The lowest BCUT2D eigenvalue weighted by atomic mass is 9.96. The van der Waals surface area contributed by atoms with Gasteiger partial charge in [0.25, 0.3) is 0 Å². The van der Waals surface area contributed by atoms with Crippen LogP contribution in [0.1, 0.15) is 12.8 Å². The van der Waals surface area contributed by atoms with Crippen LogP contribution in [0, 0.1) is 17.6 Å². The van der Waals surface area contributed by atoms with Gasteiger partial charge in [0.1, 0.15) is 6.54 Å². The first-order valence-corrected chi connectivity index (χ1v) is 9.44. The van der Waals surface area contributed by atoms with Gasteiger partial charge in [-0.2, -0.15) is 0 Å². The van der Waals surface area contributed by atoms with Gasteiger partial charge in [-0.15, -0.1) is 0 Å². The van der Waals surface area contributed by atoms with Gasteiger partial charge >= 0.3 is 0 Å². The van der Waals surface area contributed by atoms with Crippen molar-refractivity contribution in [1.29, 1.82) is 0 Å². The highest BCUT2D eigenvalue weighted by molar-refractivity contribution is 7.92. The average molecular weight is 375 g/mol. The Balaban J connectivity index is 2.14. The SMILES string of the molecule is CS(=O)(=O)N(CC(=O)N1CCC(C(N)=O)CC1)c1ccc(F)c(F)c1. The van der Waals surface area contributed by atoms with Gasteiger partial charge in [-0.1, -0.05) is 0 Å².